The summed E-state index contributed by atoms with van der Waals surface area (Å²) in [5, 5.41) is 0. The van der Waals surface area contributed by atoms with Crippen molar-refractivity contribution in [2.45, 2.75) is 45.6 Å². The van der Waals surface area contributed by atoms with E-state index in [1.807, 2.05) is 19.0 Å². The van der Waals surface area contributed by atoms with Gasteiger partial charge >= 0.3 is 6.03 Å². The average molecular weight is 384 g/mol. The number of urea groups is 1. The molecule has 1 aromatic carbocycles. The van der Waals surface area contributed by atoms with Crippen LogP contribution in [-0.2, 0) is 4.79 Å². The molecule has 4 rings (SSSR count). The molecule has 0 spiro atoms. The molecule has 0 bridgehead atoms. The third-order valence-electron chi connectivity index (χ3n) is 7.31. The Balaban J connectivity index is 1.61. The summed E-state index contributed by atoms with van der Waals surface area (Å²) in [6.45, 7) is 6.57. The molecule has 3 atom stereocenters. The first-order chi connectivity index (χ1) is 13.3. The van der Waals surface area contributed by atoms with Gasteiger partial charge in [-0.25, -0.2) is 4.79 Å². The number of rotatable bonds is 2. The molecule has 28 heavy (non-hydrogen) atoms. The lowest BCUT2D eigenvalue weighted by Gasteiger charge is -2.34. The number of hydrogen-bond acceptors (Lipinski definition) is 2. The highest BCUT2D eigenvalue weighted by atomic mass is 16.2. The molecule has 1 aromatic rings. The highest BCUT2D eigenvalue weighted by molar-refractivity contribution is 5.83. The van der Waals surface area contributed by atoms with Crippen LogP contribution < -0.4 is 0 Å². The fourth-order valence-corrected chi connectivity index (χ4v) is 5.73. The fraction of sp³-hybridized carbons (Fsp3) is 0.652. The molecular formula is C23H33N3O2. The van der Waals surface area contributed by atoms with Crippen LogP contribution >= 0.6 is 0 Å². The molecule has 2 aliphatic heterocycles. The largest absolute Gasteiger partial charge is 0.341 e. The first-order valence-corrected chi connectivity index (χ1v) is 10.6. The van der Waals surface area contributed by atoms with E-state index >= 15 is 0 Å². The van der Waals surface area contributed by atoms with Crippen molar-refractivity contribution in [1.82, 2.24) is 14.7 Å². The van der Waals surface area contributed by atoms with Crippen molar-refractivity contribution in [3.8, 4) is 0 Å². The van der Waals surface area contributed by atoms with Gasteiger partial charge in [0, 0.05) is 51.0 Å². The predicted molar refractivity (Wildman–Crippen MR) is 110 cm³/mol. The van der Waals surface area contributed by atoms with Gasteiger partial charge in [0.05, 0.1) is 6.04 Å². The molecular weight excluding hydrogens is 350 g/mol. The summed E-state index contributed by atoms with van der Waals surface area (Å²) in [6.07, 6.45) is 4.37. The molecule has 5 heteroatoms. The molecule has 1 saturated carbocycles. The lowest BCUT2D eigenvalue weighted by Crippen LogP contribution is -2.44. The van der Waals surface area contributed by atoms with Gasteiger partial charge in [0.2, 0.25) is 5.91 Å². The summed E-state index contributed by atoms with van der Waals surface area (Å²) < 4.78 is 0. The number of amides is 3. The Bertz CT molecular complexity index is 769. The van der Waals surface area contributed by atoms with Gasteiger partial charge in [-0.1, -0.05) is 44.0 Å². The van der Waals surface area contributed by atoms with E-state index in [9.17, 15) is 9.59 Å². The Morgan fingerprint density at radius 2 is 1.75 bits per heavy atom. The maximum absolute atomic E-state index is 13.3. The second-order valence-corrected chi connectivity index (χ2v) is 9.53. The molecule has 152 valence electrons. The summed E-state index contributed by atoms with van der Waals surface area (Å²) in [6, 6.07) is 8.51. The van der Waals surface area contributed by atoms with E-state index in [0.29, 0.717) is 17.7 Å². The predicted octanol–water partition coefficient (Wildman–Crippen LogP) is 3.69. The Kier molecular flexibility index (Phi) is 4.88. The zero-order valence-corrected chi connectivity index (χ0v) is 17.6. The summed E-state index contributed by atoms with van der Waals surface area (Å²) in [4.78, 5) is 32.0. The second-order valence-electron chi connectivity index (χ2n) is 9.53. The molecule has 0 N–H and O–H groups in total. The van der Waals surface area contributed by atoms with Gasteiger partial charge in [-0.05, 0) is 30.9 Å². The van der Waals surface area contributed by atoms with Crippen LogP contribution in [0.5, 0.6) is 0 Å². The van der Waals surface area contributed by atoms with E-state index < -0.39 is 0 Å². The Hall–Kier alpha value is -2.04. The standard InChI is InChI=1S/C23H33N3O2/c1-16-9-5-6-10-18(16)20-19-15-25(21(27)23(2)11-7-8-12-23)13-17(19)14-26(20)22(28)24(3)4/h5-6,9-10,17,19-20H,7-8,11-15H2,1-4H3/t17-,19-,20+/m1/s1. The smallest absolute Gasteiger partial charge is 0.320 e. The van der Waals surface area contributed by atoms with E-state index in [1.54, 1.807) is 4.90 Å². The van der Waals surface area contributed by atoms with Crippen LogP contribution in [0.25, 0.3) is 0 Å². The number of nitrogens with zero attached hydrogens (tertiary/aromatic N) is 3. The maximum atomic E-state index is 13.3. The zero-order chi connectivity index (χ0) is 20.1. The molecule has 5 nitrogen and oxygen atoms in total. The summed E-state index contributed by atoms with van der Waals surface area (Å²) in [7, 11) is 3.64. The van der Waals surface area contributed by atoms with Crippen LogP contribution in [0.2, 0.25) is 0 Å². The molecule has 1 aliphatic carbocycles. The topological polar surface area (TPSA) is 43.9 Å². The number of hydrogen-bond donors (Lipinski definition) is 0. The first-order valence-electron chi connectivity index (χ1n) is 10.6. The number of fused-ring (bicyclic) bond motifs is 1. The van der Waals surface area contributed by atoms with Crippen molar-refractivity contribution < 1.29 is 9.59 Å². The lowest BCUT2D eigenvalue weighted by atomic mass is 9.87. The molecule has 2 heterocycles. The minimum Gasteiger partial charge on any atom is -0.341 e. The maximum Gasteiger partial charge on any atom is 0.320 e. The molecule has 0 radical (unpaired) electrons. The van der Waals surface area contributed by atoms with Crippen LogP contribution in [0, 0.1) is 24.2 Å². The van der Waals surface area contributed by atoms with Crippen LogP contribution in [0.4, 0.5) is 4.79 Å². The lowest BCUT2D eigenvalue weighted by molar-refractivity contribution is -0.140. The summed E-state index contributed by atoms with van der Waals surface area (Å²) in [5.41, 5.74) is 2.28. The third kappa shape index (κ3) is 3.09. The normalized spacial score (nSPS) is 28.5. The van der Waals surface area contributed by atoms with Gasteiger partial charge < -0.3 is 14.7 Å². The van der Waals surface area contributed by atoms with Gasteiger partial charge in [-0.3, -0.25) is 4.79 Å². The zero-order valence-electron chi connectivity index (χ0n) is 17.6. The van der Waals surface area contributed by atoms with Crippen molar-refractivity contribution >= 4 is 11.9 Å². The molecule has 0 unspecified atom stereocenters. The van der Waals surface area contributed by atoms with E-state index in [0.717, 1.165) is 32.5 Å². The highest BCUT2D eigenvalue weighted by Gasteiger charge is 2.52. The van der Waals surface area contributed by atoms with Crippen molar-refractivity contribution in [3.63, 3.8) is 0 Å². The van der Waals surface area contributed by atoms with Crippen LogP contribution in [0.15, 0.2) is 24.3 Å². The van der Waals surface area contributed by atoms with Gasteiger partial charge in [0.25, 0.3) is 0 Å². The van der Waals surface area contributed by atoms with Crippen molar-refractivity contribution in [2.24, 2.45) is 17.3 Å². The monoisotopic (exact) mass is 383 g/mol. The van der Waals surface area contributed by atoms with E-state index in [1.165, 1.54) is 24.0 Å². The summed E-state index contributed by atoms with van der Waals surface area (Å²) >= 11 is 0. The number of carbonyl (C=O) groups excluding carboxylic acids is 2. The van der Waals surface area contributed by atoms with Gasteiger partial charge in [0.1, 0.15) is 0 Å². The second kappa shape index (κ2) is 7.09. The Labute approximate surface area is 168 Å². The number of carbonyl (C=O) groups is 2. The molecule has 2 saturated heterocycles. The number of likely N-dealkylation sites (tertiary alicyclic amines) is 2. The van der Waals surface area contributed by atoms with Gasteiger partial charge in [-0.15, -0.1) is 0 Å². The minimum absolute atomic E-state index is 0.0512. The Morgan fingerprint density at radius 1 is 1.07 bits per heavy atom. The van der Waals surface area contributed by atoms with Crippen molar-refractivity contribution in [3.05, 3.63) is 35.4 Å². The third-order valence-corrected chi connectivity index (χ3v) is 7.31. The molecule has 3 fully saturated rings. The highest BCUT2D eigenvalue weighted by Crippen LogP contribution is 2.48. The van der Waals surface area contributed by atoms with Crippen molar-refractivity contribution in [1.29, 1.82) is 0 Å². The first kappa shape index (κ1) is 19.3. The summed E-state index contributed by atoms with van der Waals surface area (Å²) in [5.74, 6) is 1.02. The van der Waals surface area contributed by atoms with Gasteiger partial charge in [-0.2, -0.15) is 0 Å². The molecule has 3 amide bonds. The SMILES string of the molecule is Cc1ccccc1[C@H]1[C@@H]2CN(C(=O)C3(C)CCCC3)C[C@@H]2CN1C(=O)N(C)C. The quantitative estimate of drug-likeness (QED) is 0.782. The number of aryl methyl sites for hydroxylation is 1. The van der Waals surface area contributed by atoms with Gasteiger partial charge in [0.15, 0.2) is 0 Å². The average Bonchev–Trinajstić information content (AvgIpc) is 3.35. The van der Waals surface area contributed by atoms with Crippen LogP contribution in [0.3, 0.4) is 0 Å². The van der Waals surface area contributed by atoms with E-state index in [4.69, 9.17) is 0 Å². The molecule has 3 aliphatic rings. The van der Waals surface area contributed by atoms with E-state index in [2.05, 4.69) is 43.0 Å². The Morgan fingerprint density at radius 3 is 2.39 bits per heavy atom. The molecule has 0 aromatic heterocycles. The minimum atomic E-state index is -0.171. The van der Waals surface area contributed by atoms with Crippen LogP contribution in [0.1, 0.15) is 49.8 Å². The van der Waals surface area contributed by atoms with E-state index in [-0.39, 0.29) is 17.5 Å². The number of benzene rings is 1. The van der Waals surface area contributed by atoms with Crippen LogP contribution in [-0.4, -0.2) is 60.4 Å². The van der Waals surface area contributed by atoms with Crippen molar-refractivity contribution in [2.75, 3.05) is 33.7 Å². The fourth-order valence-electron chi connectivity index (χ4n) is 5.73.